The molecular weight excluding hydrogens is 520 g/mol. The predicted molar refractivity (Wildman–Crippen MR) is 168 cm³/mol. The van der Waals surface area contributed by atoms with Gasteiger partial charge in [-0.25, -0.2) is 9.98 Å². The minimum Gasteiger partial charge on any atom is -0.452 e. The Balaban J connectivity index is 1.31. The third-order valence-electron chi connectivity index (χ3n) is 9.07. The minimum absolute atomic E-state index is 0.749. The van der Waals surface area contributed by atoms with Crippen molar-refractivity contribution < 1.29 is 9.47 Å². The molecule has 7 aromatic rings. The van der Waals surface area contributed by atoms with E-state index in [9.17, 15) is 0 Å². The van der Waals surface area contributed by atoms with E-state index < -0.39 is 0 Å². The summed E-state index contributed by atoms with van der Waals surface area (Å²) in [6, 6.07) is 25.5. The molecule has 0 saturated carbocycles. The molecule has 6 heteroatoms. The largest absolute Gasteiger partial charge is 0.452 e. The summed E-state index contributed by atoms with van der Waals surface area (Å²) in [5, 5.41) is 6.16. The van der Waals surface area contributed by atoms with E-state index in [2.05, 4.69) is 110 Å². The van der Waals surface area contributed by atoms with Crippen LogP contribution >= 0.6 is 0 Å². The van der Waals surface area contributed by atoms with Gasteiger partial charge in [0.2, 0.25) is 0 Å². The Bertz CT molecular complexity index is 2290. The van der Waals surface area contributed by atoms with Crippen molar-refractivity contribution in [2.45, 2.75) is 40.8 Å². The van der Waals surface area contributed by atoms with Crippen LogP contribution in [0, 0.1) is 13.8 Å². The summed E-state index contributed by atoms with van der Waals surface area (Å²) in [7, 11) is 0. The number of fused-ring (bicyclic) bond motifs is 12. The highest BCUT2D eigenvalue weighted by Crippen LogP contribution is 2.48. The van der Waals surface area contributed by atoms with Crippen LogP contribution in [0.15, 0.2) is 82.8 Å². The molecule has 0 atom stereocenters. The zero-order chi connectivity index (χ0) is 28.3. The second kappa shape index (κ2) is 8.23. The summed E-state index contributed by atoms with van der Waals surface area (Å²) in [4.78, 5) is 10.4. The zero-order valence-corrected chi connectivity index (χ0v) is 23.9. The third-order valence-corrected chi connectivity index (χ3v) is 9.07. The molecule has 0 radical (unpaired) electrons. The number of aryl methyl sites for hydroxylation is 2. The van der Waals surface area contributed by atoms with Crippen LogP contribution in [0.4, 0.5) is 11.4 Å². The topological polar surface area (TPSA) is 53.0 Å². The summed E-state index contributed by atoms with van der Waals surface area (Å²) in [5.74, 6) is 3.10. The average Bonchev–Trinajstić information content (AvgIpc) is 3.54. The van der Waals surface area contributed by atoms with Gasteiger partial charge in [-0.1, -0.05) is 36.4 Å². The molecule has 6 nitrogen and oxygen atoms in total. The second-order valence-electron chi connectivity index (χ2n) is 11.2. The first-order valence-electron chi connectivity index (χ1n) is 14.6. The zero-order valence-electron chi connectivity index (χ0n) is 23.9. The predicted octanol–water partition coefficient (Wildman–Crippen LogP) is 8.67. The van der Waals surface area contributed by atoms with E-state index in [1.807, 2.05) is 0 Å². The van der Waals surface area contributed by atoms with E-state index >= 15 is 0 Å². The van der Waals surface area contributed by atoms with Crippen LogP contribution < -0.4 is 20.2 Å². The number of rotatable bonds is 2. The van der Waals surface area contributed by atoms with Crippen molar-refractivity contribution in [1.29, 1.82) is 0 Å². The van der Waals surface area contributed by atoms with Gasteiger partial charge >= 0.3 is 0 Å². The molecule has 0 aliphatic carbocycles. The molecule has 0 spiro atoms. The highest BCUT2D eigenvalue weighted by Gasteiger charge is 2.28. The molecule has 0 bridgehead atoms. The van der Waals surface area contributed by atoms with E-state index in [4.69, 9.17) is 19.5 Å². The van der Waals surface area contributed by atoms with E-state index in [1.165, 1.54) is 21.8 Å². The van der Waals surface area contributed by atoms with Gasteiger partial charge in [0.25, 0.3) is 0 Å². The first-order chi connectivity index (χ1) is 20.6. The van der Waals surface area contributed by atoms with Gasteiger partial charge in [-0.15, -0.1) is 0 Å². The molecule has 204 valence electrons. The third kappa shape index (κ3) is 2.84. The maximum Gasteiger partial charge on any atom is 0.163 e. The van der Waals surface area contributed by atoms with Gasteiger partial charge in [0.15, 0.2) is 23.0 Å². The summed E-state index contributed by atoms with van der Waals surface area (Å²) >= 11 is 0. The lowest BCUT2D eigenvalue weighted by Crippen LogP contribution is -2.25. The average molecular weight is 549 g/mol. The van der Waals surface area contributed by atoms with E-state index in [0.29, 0.717) is 0 Å². The Morgan fingerprint density at radius 2 is 0.952 bits per heavy atom. The molecule has 42 heavy (non-hydrogen) atoms. The standard InChI is InChI=1S/C36H28N4O2/c1-5-39-25-13-9-7-11-21(25)29-27(39)17-15-23-35(29)41-33-19(3)32-34(20(4)31(33)37-23)42-36-24(38-32)16-18-28-30(36)22-12-8-10-14-26(22)40(28)6-2/h7-18H,5-6H2,1-4H3. The van der Waals surface area contributed by atoms with E-state index in [1.54, 1.807) is 0 Å². The van der Waals surface area contributed by atoms with Crippen LogP contribution in [0.1, 0.15) is 25.0 Å². The van der Waals surface area contributed by atoms with Gasteiger partial charge in [-0.3, -0.25) is 0 Å². The monoisotopic (exact) mass is 548 g/mol. The number of nitrogens with zero attached hydrogens (tertiary/aromatic N) is 4. The molecule has 0 fully saturated rings. The van der Waals surface area contributed by atoms with Gasteiger partial charge < -0.3 is 18.6 Å². The second-order valence-corrected chi connectivity index (χ2v) is 11.2. The Morgan fingerprint density at radius 3 is 1.38 bits per heavy atom. The summed E-state index contributed by atoms with van der Waals surface area (Å²) in [6.45, 7) is 10.2. The Hall–Kier alpha value is -5.10. The van der Waals surface area contributed by atoms with Crippen molar-refractivity contribution in [2.75, 3.05) is 0 Å². The van der Waals surface area contributed by atoms with Crippen molar-refractivity contribution in [1.82, 2.24) is 9.13 Å². The SMILES string of the molecule is CCn1c2ccccc2c2c3c(ccc21)N=c1c(C)c2c(c(C)c1O3)=Nc1ccc3c(c1O2)c1ccccc1n3CC. The maximum atomic E-state index is 6.84. The van der Waals surface area contributed by atoms with Gasteiger partial charge in [-0.2, -0.15) is 0 Å². The van der Waals surface area contributed by atoms with E-state index in [-0.39, 0.29) is 0 Å². The normalized spacial score (nSPS) is 13.2. The lowest BCUT2D eigenvalue weighted by atomic mass is 10.0. The molecule has 0 N–H and O–H groups in total. The Morgan fingerprint density at radius 1 is 0.524 bits per heavy atom. The molecule has 0 amide bonds. The van der Waals surface area contributed by atoms with Gasteiger partial charge in [0.1, 0.15) is 22.1 Å². The van der Waals surface area contributed by atoms with Gasteiger partial charge in [0, 0.05) is 46.0 Å². The quantitative estimate of drug-likeness (QED) is 0.217. The van der Waals surface area contributed by atoms with Crippen molar-refractivity contribution in [2.24, 2.45) is 9.98 Å². The fourth-order valence-electron chi connectivity index (χ4n) is 7.13. The maximum absolute atomic E-state index is 6.84. The Labute approximate surface area is 241 Å². The highest BCUT2D eigenvalue weighted by molar-refractivity contribution is 6.14. The van der Waals surface area contributed by atoms with E-state index in [0.717, 1.165) is 91.1 Å². The van der Waals surface area contributed by atoms with Crippen LogP contribution in [-0.2, 0) is 13.1 Å². The lowest BCUT2D eigenvalue weighted by molar-refractivity contribution is 0.448. The first kappa shape index (κ1) is 23.6. The molecule has 2 aliphatic rings. The van der Waals surface area contributed by atoms with Gasteiger partial charge in [0.05, 0.1) is 21.8 Å². The number of ether oxygens (including phenoxy) is 2. The molecular formula is C36H28N4O2. The molecule has 9 rings (SSSR count). The van der Waals surface area contributed by atoms with Crippen molar-refractivity contribution in [3.8, 4) is 23.0 Å². The molecule has 2 aromatic heterocycles. The number of hydrogen-bond acceptors (Lipinski definition) is 4. The fraction of sp³-hybridized carbons (Fsp3) is 0.167. The van der Waals surface area contributed by atoms with Gasteiger partial charge in [-0.05, 0) is 64.1 Å². The van der Waals surface area contributed by atoms with Crippen LogP contribution in [0.2, 0.25) is 0 Å². The van der Waals surface area contributed by atoms with Crippen LogP contribution in [-0.4, -0.2) is 9.13 Å². The van der Waals surface area contributed by atoms with Crippen molar-refractivity contribution >= 4 is 55.0 Å². The fourth-order valence-corrected chi connectivity index (χ4v) is 7.13. The van der Waals surface area contributed by atoms with Crippen LogP contribution in [0.3, 0.4) is 0 Å². The summed E-state index contributed by atoms with van der Waals surface area (Å²) in [6.07, 6.45) is 0. The molecule has 5 aromatic carbocycles. The molecule has 4 heterocycles. The van der Waals surface area contributed by atoms with Crippen LogP contribution in [0.25, 0.3) is 43.6 Å². The number of aromatic nitrogens is 2. The summed E-state index contributed by atoms with van der Waals surface area (Å²) in [5.41, 5.74) is 8.23. The highest BCUT2D eigenvalue weighted by atomic mass is 16.5. The van der Waals surface area contributed by atoms with Crippen molar-refractivity contribution in [3.63, 3.8) is 0 Å². The van der Waals surface area contributed by atoms with Crippen LogP contribution in [0.5, 0.6) is 23.0 Å². The summed E-state index contributed by atoms with van der Waals surface area (Å²) < 4.78 is 18.4. The first-order valence-corrected chi connectivity index (χ1v) is 14.6. The number of benzene rings is 5. The van der Waals surface area contributed by atoms with Crippen molar-refractivity contribution in [3.05, 3.63) is 94.6 Å². The lowest BCUT2D eigenvalue weighted by Gasteiger charge is -2.23. The number of hydrogen-bond donors (Lipinski definition) is 0. The minimum atomic E-state index is 0.749. The number of para-hydroxylation sites is 2. The molecule has 0 saturated heterocycles. The molecule has 2 aliphatic heterocycles. The smallest absolute Gasteiger partial charge is 0.163 e. The Kier molecular flexibility index (Phi) is 4.62. The molecule has 0 unspecified atom stereocenters.